The number of carbonyl (C=O) groups is 1. The molecular formula is C25H22N4O. The van der Waals surface area contributed by atoms with Crippen LogP contribution in [0.2, 0.25) is 0 Å². The van der Waals surface area contributed by atoms with E-state index in [1.165, 1.54) is 5.56 Å². The molecule has 0 fully saturated rings. The maximum atomic E-state index is 12.9. The number of amides is 1. The minimum atomic E-state index is -0.291. The highest BCUT2D eigenvalue weighted by Gasteiger charge is 2.14. The Morgan fingerprint density at radius 3 is 2.47 bits per heavy atom. The maximum Gasteiger partial charge on any atom is 0.272 e. The van der Waals surface area contributed by atoms with Crippen LogP contribution in [-0.4, -0.2) is 22.1 Å². The molecule has 4 aromatic rings. The van der Waals surface area contributed by atoms with Gasteiger partial charge in [-0.2, -0.15) is 5.10 Å². The number of rotatable bonds is 5. The molecular weight excluding hydrogens is 372 g/mol. The van der Waals surface area contributed by atoms with E-state index in [1.54, 1.807) is 18.5 Å². The Morgan fingerprint density at radius 2 is 1.73 bits per heavy atom. The third kappa shape index (κ3) is 4.25. The zero-order valence-electron chi connectivity index (χ0n) is 16.9. The Balaban J connectivity index is 1.61. The van der Waals surface area contributed by atoms with Crippen LogP contribution in [0.25, 0.3) is 22.3 Å². The van der Waals surface area contributed by atoms with E-state index in [1.807, 2.05) is 54.6 Å². The van der Waals surface area contributed by atoms with Crippen molar-refractivity contribution in [3.63, 3.8) is 0 Å². The number of benzene rings is 2. The minimum absolute atomic E-state index is 0.291. The highest BCUT2D eigenvalue weighted by molar-refractivity contribution is 6.07. The van der Waals surface area contributed by atoms with Gasteiger partial charge in [-0.3, -0.25) is 9.78 Å². The lowest BCUT2D eigenvalue weighted by Crippen LogP contribution is -2.18. The van der Waals surface area contributed by atoms with Crippen LogP contribution in [0.5, 0.6) is 0 Å². The van der Waals surface area contributed by atoms with Crippen molar-refractivity contribution >= 4 is 23.0 Å². The Kier molecular flexibility index (Phi) is 5.61. The number of nitrogens with zero attached hydrogens (tertiary/aromatic N) is 3. The van der Waals surface area contributed by atoms with Gasteiger partial charge >= 0.3 is 0 Å². The van der Waals surface area contributed by atoms with Crippen LogP contribution in [0.4, 0.5) is 0 Å². The Morgan fingerprint density at radius 1 is 0.967 bits per heavy atom. The number of carbonyl (C=O) groups excluding carboxylic acids is 1. The normalized spacial score (nSPS) is 11.3. The Hall–Kier alpha value is -3.86. The van der Waals surface area contributed by atoms with Crippen molar-refractivity contribution in [3.8, 4) is 11.4 Å². The van der Waals surface area contributed by atoms with Gasteiger partial charge in [0, 0.05) is 11.6 Å². The van der Waals surface area contributed by atoms with E-state index in [-0.39, 0.29) is 5.91 Å². The molecule has 0 aliphatic carbocycles. The van der Waals surface area contributed by atoms with Crippen molar-refractivity contribution in [1.29, 1.82) is 0 Å². The molecule has 0 aliphatic rings. The number of fused-ring (bicyclic) bond motifs is 1. The lowest BCUT2D eigenvalue weighted by Gasteiger charge is -2.08. The average molecular weight is 394 g/mol. The van der Waals surface area contributed by atoms with Crippen molar-refractivity contribution in [3.05, 3.63) is 95.7 Å². The number of nitrogens with one attached hydrogen (secondary N) is 1. The smallest absolute Gasteiger partial charge is 0.267 e. The summed E-state index contributed by atoms with van der Waals surface area (Å²) in [7, 11) is 0. The first-order chi connectivity index (χ1) is 14.6. The van der Waals surface area contributed by atoms with E-state index in [0.717, 1.165) is 16.5 Å². The summed E-state index contributed by atoms with van der Waals surface area (Å²) in [5.41, 5.74) is 7.43. The van der Waals surface area contributed by atoms with E-state index in [4.69, 9.17) is 0 Å². The van der Waals surface area contributed by atoms with Gasteiger partial charge in [-0.15, -0.1) is 0 Å². The third-order valence-electron chi connectivity index (χ3n) is 4.87. The molecule has 1 amide bonds. The summed E-state index contributed by atoms with van der Waals surface area (Å²) in [6.07, 6.45) is 3.35. The van der Waals surface area contributed by atoms with E-state index in [2.05, 4.69) is 46.5 Å². The average Bonchev–Trinajstić information content (AvgIpc) is 2.79. The fourth-order valence-electron chi connectivity index (χ4n) is 3.20. The zero-order chi connectivity index (χ0) is 20.9. The van der Waals surface area contributed by atoms with Gasteiger partial charge in [0.05, 0.1) is 28.7 Å². The van der Waals surface area contributed by atoms with Gasteiger partial charge in [-0.25, -0.2) is 10.4 Å². The van der Waals surface area contributed by atoms with E-state index in [0.29, 0.717) is 22.9 Å². The fraction of sp³-hybridized carbons (Fsp3) is 0.120. The molecule has 2 aromatic heterocycles. The Bertz CT molecular complexity index is 1200. The molecule has 0 bridgehead atoms. The number of para-hydroxylation sites is 1. The van der Waals surface area contributed by atoms with E-state index >= 15 is 0 Å². The molecule has 148 valence electrons. The van der Waals surface area contributed by atoms with Crippen LogP contribution in [0, 0.1) is 0 Å². The number of aromatic nitrogens is 2. The summed E-state index contributed by atoms with van der Waals surface area (Å²) < 4.78 is 0. The standard InChI is InChI=1S/C25H22N4O/c1-17(2)19-12-10-18(11-13-19)16-27-29-25(30)21-15-24(23-9-5-6-14-26-23)28-22-8-4-3-7-20(21)22/h3-17H,1-2H3,(H,29,30). The largest absolute Gasteiger partial charge is 0.272 e. The van der Waals surface area contributed by atoms with Crippen molar-refractivity contribution in [1.82, 2.24) is 15.4 Å². The third-order valence-corrected chi connectivity index (χ3v) is 4.87. The topological polar surface area (TPSA) is 67.2 Å². The van der Waals surface area contributed by atoms with Gasteiger partial charge in [-0.05, 0) is 41.3 Å². The van der Waals surface area contributed by atoms with Crippen LogP contribution >= 0.6 is 0 Å². The first-order valence-corrected chi connectivity index (χ1v) is 9.86. The molecule has 0 aliphatic heterocycles. The molecule has 2 aromatic carbocycles. The molecule has 0 unspecified atom stereocenters. The molecule has 2 heterocycles. The van der Waals surface area contributed by atoms with Crippen molar-refractivity contribution in [2.45, 2.75) is 19.8 Å². The lowest BCUT2D eigenvalue weighted by atomic mass is 10.0. The summed E-state index contributed by atoms with van der Waals surface area (Å²) in [5.74, 6) is 0.185. The molecule has 0 saturated carbocycles. The second kappa shape index (κ2) is 8.66. The minimum Gasteiger partial charge on any atom is -0.267 e. The summed E-state index contributed by atoms with van der Waals surface area (Å²) >= 11 is 0. The van der Waals surface area contributed by atoms with Gasteiger partial charge in [0.1, 0.15) is 0 Å². The molecule has 0 spiro atoms. The van der Waals surface area contributed by atoms with Crippen LogP contribution < -0.4 is 5.43 Å². The van der Waals surface area contributed by atoms with Gasteiger partial charge in [-0.1, -0.05) is 62.4 Å². The zero-order valence-corrected chi connectivity index (χ0v) is 16.9. The van der Waals surface area contributed by atoms with Gasteiger partial charge < -0.3 is 0 Å². The summed E-state index contributed by atoms with van der Waals surface area (Å²) in [4.78, 5) is 21.9. The highest BCUT2D eigenvalue weighted by atomic mass is 16.2. The lowest BCUT2D eigenvalue weighted by molar-refractivity contribution is 0.0956. The molecule has 1 N–H and O–H groups in total. The van der Waals surface area contributed by atoms with Crippen molar-refractivity contribution in [2.75, 3.05) is 0 Å². The molecule has 30 heavy (non-hydrogen) atoms. The quantitative estimate of drug-likeness (QED) is 0.374. The van der Waals surface area contributed by atoms with Crippen molar-refractivity contribution in [2.24, 2.45) is 5.10 Å². The highest BCUT2D eigenvalue weighted by Crippen LogP contribution is 2.23. The number of hydrazone groups is 1. The number of pyridine rings is 2. The molecule has 0 atom stereocenters. The predicted molar refractivity (Wildman–Crippen MR) is 121 cm³/mol. The predicted octanol–water partition coefficient (Wildman–Crippen LogP) is 5.18. The molecule has 5 heteroatoms. The monoisotopic (exact) mass is 394 g/mol. The Labute approximate surface area is 175 Å². The number of hydrogen-bond donors (Lipinski definition) is 1. The molecule has 0 radical (unpaired) electrons. The number of hydrogen-bond acceptors (Lipinski definition) is 4. The summed E-state index contributed by atoms with van der Waals surface area (Å²) in [6.45, 7) is 4.31. The molecule has 4 rings (SSSR count). The SMILES string of the molecule is CC(C)c1ccc(C=NNC(=O)c2cc(-c3ccccn3)nc3ccccc23)cc1. The van der Waals surface area contributed by atoms with Crippen LogP contribution in [0.1, 0.15) is 41.3 Å². The first kappa shape index (κ1) is 19.5. The molecule has 0 saturated heterocycles. The molecule has 5 nitrogen and oxygen atoms in total. The van der Waals surface area contributed by atoms with Gasteiger partial charge in [0.2, 0.25) is 0 Å². The van der Waals surface area contributed by atoms with E-state index in [9.17, 15) is 4.79 Å². The van der Waals surface area contributed by atoms with Gasteiger partial charge in [0.25, 0.3) is 5.91 Å². The summed E-state index contributed by atoms with van der Waals surface area (Å²) in [6, 6.07) is 23.1. The summed E-state index contributed by atoms with van der Waals surface area (Å²) in [5, 5.41) is 4.91. The second-order valence-corrected chi connectivity index (χ2v) is 7.31. The maximum absolute atomic E-state index is 12.9. The van der Waals surface area contributed by atoms with Crippen molar-refractivity contribution < 1.29 is 4.79 Å². The van der Waals surface area contributed by atoms with Crippen LogP contribution in [-0.2, 0) is 0 Å². The van der Waals surface area contributed by atoms with Crippen LogP contribution in [0.15, 0.2) is 84.1 Å². The first-order valence-electron chi connectivity index (χ1n) is 9.86. The van der Waals surface area contributed by atoms with Gasteiger partial charge in [0.15, 0.2) is 0 Å². The van der Waals surface area contributed by atoms with Crippen LogP contribution in [0.3, 0.4) is 0 Å². The second-order valence-electron chi connectivity index (χ2n) is 7.31. The van der Waals surface area contributed by atoms with E-state index < -0.39 is 0 Å². The fourth-order valence-corrected chi connectivity index (χ4v) is 3.20.